The minimum atomic E-state index is -0.105. The first-order valence-electron chi connectivity index (χ1n) is 7.13. The van der Waals surface area contributed by atoms with Gasteiger partial charge in [0.1, 0.15) is 5.75 Å². The molecule has 0 aromatic heterocycles. The van der Waals surface area contributed by atoms with Crippen LogP contribution in [0.4, 0.5) is 5.69 Å². The molecule has 2 aromatic rings. The predicted molar refractivity (Wildman–Crippen MR) is 84.0 cm³/mol. The molecule has 108 valence electrons. The summed E-state index contributed by atoms with van der Waals surface area (Å²) < 4.78 is 5.17. The standard InChI is InChI=1S/C18H19NO2/c1-11-8-12(2)17-15(9-11)16(18(20)19-17)10-13-4-6-14(21-3)7-5-13/h4-9,16H,10H2,1-3H3,(H,19,20)/t16-/m0/s1. The van der Waals surface area contributed by atoms with Crippen molar-refractivity contribution in [2.24, 2.45) is 0 Å². The van der Waals surface area contributed by atoms with Crippen molar-refractivity contribution in [3.8, 4) is 5.75 Å². The Balaban J connectivity index is 1.91. The van der Waals surface area contributed by atoms with Crippen molar-refractivity contribution in [1.29, 1.82) is 0 Å². The normalized spacial score (nSPS) is 16.5. The molecule has 0 fully saturated rings. The molecule has 1 atom stereocenters. The van der Waals surface area contributed by atoms with Crippen LogP contribution in [0.5, 0.6) is 5.75 Å². The first-order chi connectivity index (χ1) is 10.1. The Kier molecular flexibility index (Phi) is 3.42. The van der Waals surface area contributed by atoms with Crippen molar-refractivity contribution in [3.05, 3.63) is 58.7 Å². The highest BCUT2D eigenvalue weighted by Crippen LogP contribution is 2.37. The molecule has 21 heavy (non-hydrogen) atoms. The number of hydrogen-bond donors (Lipinski definition) is 1. The third-order valence-corrected chi connectivity index (χ3v) is 4.05. The van der Waals surface area contributed by atoms with Gasteiger partial charge < -0.3 is 10.1 Å². The van der Waals surface area contributed by atoms with Gasteiger partial charge in [-0.1, -0.05) is 29.8 Å². The smallest absolute Gasteiger partial charge is 0.232 e. The van der Waals surface area contributed by atoms with Gasteiger partial charge in [0.05, 0.1) is 13.0 Å². The van der Waals surface area contributed by atoms with Crippen LogP contribution in [0.1, 0.15) is 28.2 Å². The lowest BCUT2D eigenvalue weighted by Crippen LogP contribution is -2.14. The topological polar surface area (TPSA) is 38.3 Å². The van der Waals surface area contributed by atoms with Gasteiger partial charge >= 0.3 is 0 Å². The highest BCUT2D eigenvalue weighted by Gasteiger charge is 2.31. The van der Waals surface area contributed by atoms with Crippen molar-refractivity contribution in [1.82, 2.24) is 0 Å². The number of ether oxygens (including phenoxy) is 1. The van der Waals surface area contributed by atoms with Gasteiger partial charge in [0, 0.05) is 5.69 Å². The average molecular weight is 281 g/mol. The quantitative estimate of drug-likeness (QED) is 0.933. The van der Waals surface area contributed by atoms with Crippen LogP contribution in [-0.4, -0.2) is 13.0 Å². The first-order valence-corrected chi connectivity index (χ1v) is 7.13. The second-order valence-corrected chi connectivity index (χ2v) is 5.64. The number of carbonyl (C=O) groups excluding carboxylic acids is 1. The lowest BCUT2D eigenvalue weighted by molar-refractivity contribution is -0.117. The number of carbonyl (C=O) groups is 1. The number of hydrogen-bond acceptors (Lipinski definition) is 2. The third-order valence-electron chi connectivity index (χ3n) is 4.05. The molecule has 1 aliphatic heterocycles. The molecular weight excluding hydrogens is 262 g/mol. The van der Waals surface area contributed by atoms with Gasteiger partial charge in [-0.25, -0.2) is 0 Å². The van der Waals surface area contributed by atoms with Crippen LogP contribution < -0.4 is 10.1 Å². The SMILES string of the molecule is COc1ccc(C[C@@H]2C(=O)Nc3c(C)cc(C)cc32)cc1. The maximum Gasteiger partial charge on any atom is 0.232 e. The van der Waals surface area contributed by atoms with E-state index in [-0.39, 0.29) is 11.8 Å². The number of anilines is 1. The summed E-state index contributed by atoms with van der Waals surface area (Å²) in [4.78, 5) is 12.3. The molecule has 1 N–H and O–H groups in total. The highest BCUT2D eigenvalue weighted by molar-refractivity contribution is 6.04. The largest absolute Gasteiger partial charge is 0.497 e. The second kappa shape index (κ2) is 5.24. The van der Waals surface area contributed by atoms with Crippen LogP contribution in [0.3, 0.4) is 0 Å². The molecule has 1 aliphatic rings. The molecule has 0 saturated carbocycles. The van der Waals surface area contributed by atoms with E-state index in [4.69, 9.17) is 4.74 Å². The van der Waals surface area contributed by atoms with E-state index in [1.54, 1.807) is 7.11 Å². The Hall–Kier alpha value is -2.29. The molecule has 3 heteroatoms. The summed E-state index contributed by atoms with van der Waals surface area (Å²) in [6.45, 7) is 4.11. The van der Waals surface area contributed by atoms with E-state index < -0.39 is 0 Å². The Labute approximate surface area is 124 Å². The van der Waals surface area contributed by atoms with E-state index in [1.807, 2.05) is 31.2 Å². The average Bonchev–Trinajstić information content (AvgIpc) is 2.77. The fourth-order valence-electron chi connectivity index (χ4n) is 3.00. The molecular formula is C18H19NO2. The van der Waals surface area contributed by atoms with Crippen molar-refractivity contribution in [2.45, 2.75) is 26.2 Å². The van der Waals surface area contributed by atoms with Gasteiger partial charge in [-0.05, 0) is 49.1 Å². The lowest BCUT2D eigenvalue weighted by Gasteiger charge is -2.11. The zero-order valence-corrected chi connectivity index (χ0v) is 12.6. The van der Waals surface area contributed by atoms with Crippen LogP contribution in [0.2, 0.25) is 0 Å². The van der Waals surface area contributed by atoms with Gasteiger partial charge in [0.2, 0.25) is 5.91 Å². The number of nitrogens with one attached hydrogen (secondary N) is 1. The van der Waals surface area contributed by atoms with Crippen LogP contribution in [0, 0.1) is 13.8 Å². The maximum atomic E-state index is 12.3. The van der Waals surface area contributed by atoms with Crippen molar-refractivity contribution < 1.29 is 9.53 Å². The van der Waals surface area contributed by atoms with Crippen molar-refractivity contribution in [3.63, 3.8) is 0 Å². The number of amides is 1. The van der Waals surface area contributed by atoms with Crippen LogP contribution in [0.15, 0.2) is 36.4 Å². The zero-order valence-electron chi connectivity index (χ0n) is 12.6. The first kappa shape index (κ1) is 13.7. The Morgan fingerprint density at radius 1 is 1.14 bits per heavy atom. The van der Waals surface area contributed by atoms with E-state index in [0.717, 1.165) is 28.1 Å². The van der Waals surface area contributed by atoms with E-state index in [1.165, 1.54) is 5.56 Å². The zero-order chi connectivity index (χ0) is 15.0. The summed E-state index contributed by atoms with van der Waals surface area (Å²) in [5.74, 6) is 0.822. The Bertz CT molecular complexity index is 689. The number of fused-ring (bicyclic) bond motifs is 1. The summed E-state index contributed by atoms with van der Waals surface area (Å²) in [6.07, 6.45) is 0.714. The summed E-state index contributed by atoms with van der Waals surface area (Å²) in [6, 6.07) is 12.1. The third kappa shape index (κ3) is 2.51. The monoisotopic (exact) mass is 281 g/mol. The fraction of sp³-hybridized carbons (Fsp3) is 0.278. The molecule has 2 aromatic carbocycles. The van der Waals surface area contributed by atoms with Gasteiger partial charge in [-0.3, -0.25) is 4.79 Å². The van der Waals surface area contributed by atoms with Gasteiger partial charge in [0.25, 0.3) is 0 Å². The van der Waals surface area contributed by atoms with E-state index >= 15 is 0 Å². The second-order valence-electron chi connectivity index (χ2n) is 5.64. The molecule has 1 heterocycles. The lowest BCUT2D eigenvalue weighted by atomic mass is 9.91. The van der Waals surface area contributed by atoms with E-state index in [0.29, 0.717) is 6.42 Å². The summed E-state index contributed by atoms with van der Waals surface area (Å²) in [5, 5.41) is 3.02. The number of benzene rings is 2. The summed E-state index contributed by atoms with van der Waals surface area (Å²) >= 11 is 0. The Morgan fingerprint density at radius 2 is 1.86 bits per heavy atom. The molecule has 0 spiro atoms. The van der Waals surface area contributed by atoms with Gasteiger partial charge in [0.15, 0.2) is 0 Å². The molecule has 0 aliphatic carbocycles. The van der Waals surface area contributed by atoms with Crippen LogP contribution in [-0.2, 0) is 11.2 Å². The van der Waals surface area contributed by atoms with Crippen molar-refractivity contribution in [2.75, 3.05) is 12.4 Å². The predicted octanol–water partition coefficient (Wildman–Crippen LogP) is 3.59. The Morgan fingerprint density at radius 3 is 2.52 bits per heavy atom. The van der Waals surface area contributed by atoms with E-state index in [9.17, 15) is 4.79 Å². The highest BCUT2D eigenvalue weighted by atomic mass is 16.5. The molecule has 0 bridgehead atoms. The van der Waals surface area contributed by atoms with Crippen LogP contribution >= 0.6 is 0 Å². The molecule has 3 nitrogen and oxygen atoms in total. The molecule has 1 amide bonds. The molecule has 3 rings (SSSR count). The van der Waals surface area contributed by atoms with E-state index in [2.05, 4.69) is 24.4 Å². The fourth-order valence-corrected chi connectivity index (χ4v) is 3.00. The molecule has 0 radical (unpaired) electrons. The number of rotatable bonds is 3. The minimum absolute atomic E-state index is 0.0921. The molecule has 0 saturated heterocycles. The number of aryl methyl sites for hydroxylation is 2. The summed E-state index contributed by atoms with van der Waals surface area (Å²) in [5.41, 5.74) is 5.58. The maximum absolute atomic E-state index is 12.3. The molecule has 0 unspecified atom stereocenters. The minimum Gasteiger partial charge on any atom is -0.497 e. The summed E-state index contributed by atoms with van der Waals surface area (Å²) in [7, 11) is 1.65. The number of methoxy groups -OCH3 is 1. The van der Waals surface area contributed by atoms with Gasteiger partial charge in [-0.15, -0.1) is 0 Å². The van der Waals surface area contributed by atoms with Gasteiger partial charge in [-0.2, -0.15) is 0 Å². The van der Waals surface area contributed by atoms with Crippen LogP contribution in [0.25, 0.3) is 0 Å². The van der Waals surface area contributed by atoms with Crippen molar-refractivity contribution >= 4 is 11.6 Å².